The van der Waals surface area contributed by atoms with E-state index in [4.69, 9.17) is 21.1 Å². The van der Waals surface area contributed by atoms with E-state index in [0.29, 0.717) is 21.9 Å². The summed E-state index contributed by atoms with van der Waals surface area (Å²) in [5, 5.41) is 4.31. The number of carbonyl (C=O) groups is 1. The maximum atomic E-state index is 12.7. The van der Waals surface area contributed by atoms with E-state index in [-0.39, 0.29) is 36.0 Å². The number of anilines is 2. The molecule has 0 spiro atoms. The second kappa shape index (κ2) is 8.62. The van der Waals surface area contributed by atoms with Gasteiger partial charge in [0.1, 0.15) is 18.7 Å². The van der Waals surface area contributed by atoms with E-state index < -0.39 is 12.1 Å². The summed E-state index contributed by atoms with van der Waals surface area (Å²) in [4.78, 5) is 41.8. The number of hydrogen-bond acceptors (Lipinski definition) is 8. The monoisotopic (exact) mass is 458 g/mol. The number of pyridine rings is 1. The Hall–Kier alpha value is -3.40. The Kier molecular flexibility index (Phi) is 5.88. The molecule has 2 N–H and O–H groups in total. The Bertz CT molecular complexity index is 1230. The van der Waals surface area contributed by atoms with E-state index in [9.17, 15) is 9.59 Å². The van der Waals surface area contributed by atoms with E-state index in [1.807, 2.05) is 20.8 Å². The van der Waals surface area contributed by atoms with Crippen LogP contribution in [0.15, 0.2) is 29.3 Å². The Labute approximate surface area is 188 Å². The van der Waals surface area contributed by atoms with Gasteiger partial charge in [0.15, 0.2) is 0 Å². The first kappa shape index (κ1) is 21.8. The number of benzene rings is 1. The molecule has 1 aliphatic rings. The molecule has 1 aromatic carbocycles. The summed E-state index contributed by atoms with van der Waals surface area (Å²) in [6.07, 6.45) is 0.823. The molecule has 10 nitrogen and oxygen atoms in total. The number of H-pyrrole nitrogens is 1. The highest BCUT2D eigenvalue weighted by atomic mass is 35.5. The van der Waals surface area contributed by atoms with Crippen molar-refractivity contribution in [1.29, 1.82) is 0 Å². The third kappa shape index (κ3) is 4.05. The van der Waals surface area contributed by atoms with Crippen LogP contribution in [0.3, 0.4) is 0 Å². The molecule has 32 heavy (non-hydrogen) atoms. The molecule has 1 aliphatic heterocycles. The van der Waals surface area contributed by atoms with E-state index in [1.54, 1.807) is 18.2 Å². The van der Waals surface area contributed by atoms with Crippen LogP contribution in [0.5, 0.6) is 5.75 Å². The van der Waals surface area contributed by atoms with E-state index in [1.165, 1.54) is 18.3 Å². The van der Waals surface area contributed by atoms with Crippen molar-refractivity contribution in [3.63, 3.8) is 0 Å². The van der Waals surface area contributed by atoms with Crippen LogP contribution in [0.2, 0.25) is 5.02 Å². The quantitative estimate of drug-likeness (QED) is 0.575. The molecule has 4 rings (SSSR count). The van der Waals surface area contributed by atoms with Crippen molar-refractivity contribution in [2.75, 3.05) is 23.9 Å². The number of halogens is 1. The number of nitrogens with zero attached hydrogens (tertiary/aromatic N) is 4. The minimum atomic E-state index is -0.493. The molecule has 2 aromatic heterocycles. The fraction of sp³-hybridized carbons (Fsp3) is 0.381. The third-order valence-corrected chi connectivity index (χ3v) is 5.70. The Morgan fingerprint density at radius 3 is 2.75 bits per heavy atom. The molecule has 0 radical (unpaired) electrons. The zero-order valence-electron chi connectivity index (χ0n) is 18.0. The molecule has 168 valence electrons. The zero-order chi connectivity index (χ0) is 23.0. The van der Waals surface area contributed by atoms with E-state index >= 15 is 0 Å². The van der Waals surface area contributed by atoms with Crippen molar-refractivity contribution < 1.29 is 14.3 Å². The topological polar surface area (TPSA) is 122 Å². The van der Waals surface area contributed by atoms with Crippen LogP contribution in [0.4, 0.5) is 16.7 Å². The number of amides is 1. The average Bonchev–Trinajstić information content (AvgIpc) is 3.15. The maximum absolute atomic E-state index is 12.7. The number of ether oxygens (including phenoxy) is 2. The van der Waals surface area contributed by atoms with Crippen LogP contribution in [-0.4, -0.2) is 45.8 Å². The summed E-state index contributed by atoms with van der Waals surface area (Å²) in [7, 11) is 1.51. The van der Waals surface area contributed by atoms with Gasteiger partial charge in [-0.2, -0.15) is 4.98 Å². The van der Waals surface area contributed by atoms with Crippen LogP contribution < -0.4 is 20.5 Å². The van der Waals surface area contributed by atoms with Crippen LogP contribution in [0, 0.1) is 5.92 Å². The highest BCUT2D eigenvalue weighted by Crippen LogP contribution is 2.30. The fourth-order valence-electron chi connectivity index (χ4n) is 3.60. The molecule has 3 aromatic rings. The van der Waals surface area contributed by atoms with Gasteiger partial charge in [0.25, 0.3) is 5.56 Å². The molecule has 0 aliphatic carbocycles. The predicted molar refractivity (Wildman–Crippen MR) is 120 cm³/mol. The highest BCUT2D eigenvalue weighted by Gasteiger charge is 2.38. The van der Waals surface area contributed by atoms with Gasteiger partial charge in [0.2, 0.25) is 11.9 Å². The average molecular weight is 459 g/mol. The lowest BCUT2D eigenvalue weighted by Gasteiger charge is -2.22. The van der Waals surface area contributed by atoms with Gasteiger partial charge in [-0.25, -0.2) is 19.7 Å². The first-order chi connectivity index (χ1) is 15.3. The zero-order valence-corrected chi connectivity index (χ0v) is 18.8. The molecule has 11 heteroatoms. The molecule has 1 saturated heterocycles. The van der Waals surface area contributed by atoms with Gasteiger partial charge in [-0.3, -0.25) is 4.79 Å². The fourth-order valence-corrected chi connectivity index (χ4v) is 3.85. The van der Waals surface area contributed by atoms with Crippen molar-refractivity contribution in [2.24, 2.45) is 5.92 Å². The number of cyclic esters (lactones) is 1. The number of nitrogens with one attached hydrogen (secondary N) is 2. The lowest BCUT2D eigenvalue weighted by molar-refractivity contribution is 0.177. The van der Waals surface area contributed by atoms with Crippen LogP contribution >= 0.6 is 11.6 Å². The Morgan fingerprint density at radius 2 is 2.03 bits per heavy atom. The van der Waals surface area contributed by atoms with Gasteiger partial charge >= 0.3 is 6.09 Å². The third-order valence-electron chi connectivity index (χ3n) is 5.41. The summed E-state index contributed by atoms with van der Waals surface area (Å²) in [5.41, 5.74) is 0.822. The molecule has 0 saturated carbocycles. The summed E-state index contributed by atoms with van der Waals surface area (Å²) >= 11 is 6.23. The van der Waals surface area contributed by atoms with Crippen LogP contribution in [0.1, 0.15) is 32.4 Å². The lowest BCUT2D eigenvalue weighted by Crippen LogP contribution is -2.38. The number of rotatable bonds is 6. The molecular weight excluding hydrogens is 436 g/mol. The van der Waals surface area contributed by atoms with Gasteiger partial charge in [0, 0.05) is 17.0 Å². The summed E-state index contributed by atoms with van der Waals surface area (Å²) in [5.74, 6) is 1.07. The number of methoxy groups -OCH3 is 1. The lowest BCUT2D eigenvalue weighted by atomic mass is 10.1. The van der Waals surface area contributed by atoms with Crippen LogP contribution in [0.25, 0.3) is 10.9 Å². The van der Waals surface area contributed by atoms with Crippen LogP contribution in [-0.2, 0) is 4.74 Å². The Morgan fingerprint density at radius 1 is 1.25 bits per heavy atom. The molecule has 3 heterocycles. The first-order valence-electron chi connectivity index (χ1n) is 10.1. The van der Waals surface area contributed by atoms with Gasteiger partial charge in [-0.1, -0.05) is 25.4 Å². The largest absolute Gasteiger partial charge is 0.495 e. The second-order valence-corrected chi connectivity index (χ2v) is 8.27. The van der Waals surface area contributed by atoms with Crippen molar-refractivity contribution in [2.45, 2.75) is 32.9 Å². The minimum Gasteiger partial charge on any atom is -0.495 e. The van der Waals surface area contributed by atoms with Gasteiger partial charge < -0.3 is 19.8 Å². The normalized spacial score (nSPS) is 17.0. The van der Waals surface area contributed by atoms with Crippen molar-refractivity contribution >= 4 is 40.5 Å². The number of carbonyl (C=O) groups excluding carboxylic acids is 1. The standard InChI is InChI=1S/C21H23ClN6O4/c1-10(2)16-8-32-21(30)28(16)20-24-9-23-19(27-20)25-11(3)13-5-12-6-14(22)17(31-4)7-15(12)26-18(13)29/h5-7,9-11,16H,8H2,1-4H3,(H,26,29)(H,23,24,25,27)/t11-,16?/m0/s1. The Balaban J connectivity index is 1.62. The summed E-state index contributed by atoms with van der Waals surface area (Å²) < 4.78 is 10.4. The van der Waals surface area contributed by atoms with Gasteiger partial charge in [0.05, 0.1) is 29.7 Å². The second-order valence-electron chi connectivity index (χ2n) is 7.86. The minimum absolute atomic E-state index is 0.162. The van der Waals surface area contributed by atoms with Crippen molar-refractivity contribution in [1.82, 2.24) is 19.9 Å². The molecule has 1 unspecified atom stereocenters. The molecule has 1 amide bonds. The predicted octanol–water partition coefficient (Wildman–Crippen LogP) is 3.53. The molecule has 0 bridgehead atoms. The summed E-state index contributed by atoms with van der Waals surface area (Å²) in [6, 6.07) is 4.56. The first-order valence-corrected chi connectivity index (χ1v) is 10.5. The van der Waals surface area contributed by atoms with Crippen molar-refractivity contribution in [3.05, 3.63) is 45.5 Å². The maximum Gasteiger partial charge on any atom is 0.417 e. The molecule has 2 atom stereocenters. The molecule has 1 fully saturated rings. The van der Waals surface area contributed by atoms with E-state index in [2.05, 4.69) is 25.3 Å². The van der Waals surface area contributed by atoms with Crippen molar-refractivity contribution in [3.8, 4) is 5.75 Å². The van der Waals surface area contributed by atoms with Gasteiger partial charge in [-0.05, 0) is 25.0 Å². The SMILES string of the molecule is COc1cc2[nH]c(=O)c([C@H](C)Nc3ncnc(N4C(=O)OCC4C(C)C)n3)cc2cc1Cl. The number of aromatic nitrogens is 4. The number of hydrogen-bond donors (Lipinski definition) is 2. The van der Waals surface area contributed by atoms with Gasteiger partial charge in [-0.15, -0.1) is 0 Å². The smallest absolute Gasteiger partial charge is 0.417 e. The number of aromatic amines is 1. The van der Waals surface area contributed by atoms with E-state index in [0.717, 1.165) is 5.39 Å². The summed E-state index contributed by atoms with van der Waals surface area (Å²) in [6.45, 7) is 6.08. The molecular formula is C21H23ClN6O4. The highest BCUT2D eigenvalue weighted by molar-refractivity contribution is 6.32. The number of fused-ring (bicyclic) bond motifs is 1.